The van der Waals surface area contributed by atoms with Crippen LogP contribution in [0.25, 0.3) is 0 Å². The summed E-state index contributed by atoms with van der Waals surface area (Å²) in [6, 6.07) is 0.739. The van der Waals surface area contributed by atoms with Crippen molar-refractivity contribution in [3.05, 3.63) is 0 Å². The van der Waals surface area contributed by atoms with E-state index in [-0.39, 0.29) is 5.91 Å². The number of nitrogens with zero attached hydrogens (tertiary/aromatic N) is 2. The highest BCUT2D eigenvalue weighted by atomic mass is 16.2. The molecule has 17 heavy (non-hydrogen) atoms. The molecule has 2 heterocycles. The van der Waals surface area contributed by atoms with Crippen LogP contribution in [0.5, 0.6) is 0 Å². The molecule has 0 bridgehead atoms. The monoisotopic (exact) mass is 238 g/mol. The lowest BCUT2D eigenvalue weighted by molar-refractivity contribution is -0.130. The number of hydrogen-bond donors (Lipinski definition) is 0. The maximum absolute atomic E-state index is 11.3. The van der Waals surface area contributed by atoms with Crippen molar-refractivity contribution in [2.24, 2.45) is 5.92 Å². The average Bonchev–Trinajstić information content (AvgIpc) is 2.39. The minimum Gasteiger partial charge on any atom is -0.343 e. The van der Waals surface area contributed by atoms with Crippen LogP contribution in [0.1, 0.15) is 46.0 Å². The van der Waals surface area contributed by atoms with Gasteiger partial charge in [-0.3, -0.25) is 4.79 Å². The van der Waals surface area contributed by atoms with Gasteiger partial charge < -0.3 is 9.80 Å². The summed E-state index contributed by atoms with van der Waals surface area (Å²) in [6.07, 6.45) is 6.45. The van der Waals surface area contributed by atoms with Crippen LogP contribution >= 0.6 is 0 Å². The molecule has 0 aromatic carbocycles. The van der Waals surface area contributed by atoms with Gasteiger partial charge in [0.25, 0.3) is 0 Å². The molecule has 0 saturated carbocycles. The number of carbonyl (C=O) groups excluding carboxylic acids is 1. The zero-order chi connectivity index (χ0) is 12.3. The lowest BCUT2D eigenvalue weighted by Crippen LogP contribution is -2.48. The minimum absolute atomic E-state index is 0.244. The van der Waals surface area contributed by atoms with Crippen LogP contribution in [0.3, 0.4) is 0 Å². The van der Waals surface area contributed by atoms with Crippen molar-refractivity contribution >= 4 is 5.91 Å². The van der Waals surface area contributed by atoms with Crippen LogP contribution in [0.4, 0.5) is 0 Å². The lowest BCUT2D eigenvalue weighted by Gasteiger charge is -2.41. The smallest absolute Gasteiger partial charge is 0.219 e. The predicted octanol–water partition coefficient (Wildman–Crippen LogP) is 2.12. The fourth-order valence-electron chi connectivity index (χ4n) is 3.27. The Morgan fingerprint density at radius 3 is 2.12 bits per heavy atom. The molecule has 0 radical (unpaired) electrons. The van der Waals surface area contributed by atoms with Gasteiger partial charge in [-0.25, -0.2) is 0 Å². The summed E-state index contributed by atoms with van der Waals surface area (Å²) in [5.41, 5.74) is 0. The van der Waals surface area contributed by atoms with E-state index in [1.807, 2.05) is 4.90 Å². The topological polar surface area (TPSA) is 23.6 Å². The fourth-order valence-corrected chi connectivity index (χ4v) is 3.27. The first-order valence-corrected chi connectivity index (χ1v) is 7.20. The molecule has 0 aromatic heterocycles. The van der Waals surface area contributed by atoms with E-state index in [1.54, 1.807) is 6.92 Å². The Balaban J connectivity index is 1.76. The molecule has 0 N–H and O–H groups in total. The number of likely N-dealkylation sites (tertiary alicyclic amines) is 2. The highest BCUT2D eigenvalue weighted by molar-refractivity contribution is 5.73. The fraction of sp³-hybridized carbons (Fsp3) is 0.929. The Morgan fingerprint density at radius 2 is 1.65 bits per heavy atom. The Hall–Kier alpha value is -0.570. The summed E-state index contributed by atoms with van der Waals surface area (Å²) in [5.74, 6) is 1.21. The summed E-state index contributed by atoms with van der Waals surface area (Å²) in [5, 5.41) is 0. The highest BCUT2D eigenvalue weighted by Crippen LogP contribution is 2.25. The van der Waals surface area contributed by atoms with E-state index in [9.17, 15) is 4.79 Å². The van der Waals surface area contributed by atoms with Crippen molar-refractivity contribution in [3.8, 4) is 0 Å². The number of rotatable bonds is 2. The van der Waals surface area contributed by atoms with E-state index in [4.69, 9.17) is 0 Å². The third-order valence-electron chi connectivity index (χ3n) is 4.65. The third kappa shape index (κ3) is 3.21. The number of piperidine rings is 2. The average molecular weight is 238 g/mol. The van der Waals surface area contributed by atoms with E-state index in [1.165, 1.54) is 45.2 Å². The Morgan fingerprint density at radius 1 is 1.06 bits per heavy atom. The van der Waals surface area contributed by atoms with Crippen molar-refractivity contribution in [1.29, 1.82) is 0 Å². The second kappa shape index (κ2) is 5.85. The summed E-state index contributed by atoms with van der Waals surface area (Å²) in [6.45, 7) is 8.49. The zero-order valence-corrected chi connectivity index (χ0v) is 11.3. The van der Waals surface area contributed by atoms with Gasteiger partial charge in [-0.15, -0.1) is 0 Å². The molecule has 0 unspecified atom stereocenters. The van der Waals surface area contributed by atoms with Gasteiger partial charge in [0.2, 0.25) is 5.91 Å². The molecule has 0 aromatic rings. The van der Waals surface area contributed by atoms with Crippen molar-refractivity contribution in [3.63, 3.8) is 0 Å². The second-order valence-corrected chi connectivity index (χ2v) is 5.62. The number of carbonyl (C=O) groups is 1. The van der Waals surface area contributed by atoms with E-state index < -0.39 is 0 Å². The Kier molecular flexibility index (Phi) is 4.43. The molecule has 2 aliphatic rings. The van der Waals surface area contributed by atoms with Crippen LogP contribution in [-0.4, -0.2) is 47.9 Å². The molecule has 2 saturated heterocycles. The normalized spacial score (nSPS) is 25.2. The van der Waals surface area contributed by atoms with Gasteiger partial charge in [0.15, 0.2) is 0 Å². The van der Waals surface area contributed by atoms with E-state index in [2.05, 4.69) is 11.8 Å². The van der Waals surface area contributed by atoms with Gasteiger partial charge in [0, 0.05) is 26.1 Å². The SMILES string of the molecule is CCC1CCN(C2CCN(C(C)=O)CC2)CC1. The first-order chi connectivity index (χ1) is 8.20. The molecule has 3 heteroatoms. The molecule has 0 aliphatic carbocycles. The lowest BCUT2D eigenvalue weighted by atomic mass is 9.92. The number of amides is 1. The maximum atomic E-state index is 11.3. The molecule has 0 atom stereocenters. The van der Waals surface area contributed by atoms with Crippen LogP contribution in [-0.2, 0) is 4.79 Å². The van der Waals surface area contributed by atoms with Gasteiger partial charge in [0.1, 0.15) is 0 Å². The van der Waals surface area contributed by atoms with Crippen molar-refractivity contribution in [2.75, 3.05) is 26.2 Å². The summed E-state index contributed by atoms with van der Waals surface area (Å²) >= 11 is 0. The Labute approximate surface area is 105 Å². The van der Waals surface area contributed by atoms with Crippen LogP contribution in [0.15, 0.2) is 0 Å². The number of hydrogen-bond acceptors (Lipinski definition) is 2. The molecular weight excluding hydrogens is 212 g/mol. The predicted molar refractivity (Wildman–Crippen MR) is 69.9 cm³/mol. The standard InChI is InChI=1S/C14H26N2O/c1-3-13-4-8-16(9-5-13)14-6-10-15(11-7-14)12(2)17/h13-14H,3-11H2,1-2H3. The van der Waals surface area contributed by atoms with Gasteiger partial charge in [-0.2, -0.15) is 0 Å². The van der Waals surface area contributed by atoms with Crippen molar-refractivity contribution < 1.29 is 4.79 Å². The molecule has 0 spiro atoms. The Bertz CT molecular complexity index is 251. The largest absolute Gasteiger partial charge is 0.343 e. The molecular formula is C14H26N2O. The minimum atomic E-state index is 0.244. The van der Waals surface area contributed by atoms with E-state index >= 15 is 0 Å². The second-order valence-electron chi connectivity index (χ2n) is 5.62. The quantitative estimate of drug-likeness (QED) is 0.735. The molecule has 2 fully saturated rings. The highest BCUT2D eigenvalue weighted by Gasteiger charge is 2.28. The van der Waals surface area contributed by atoms with E-state index in [0.717, 1.165) is 25.0 Å². The van der Waals surface area contributed by atoms with Crippen molar-refractivity contribution in [1.82, 2.24) is 9.80 Å². The molecule has 3 nitrogen and oxygen atoms in total. The van der Waals surface area contributed by atoms with Crippen LogP contribution in [0.2, 0.25) is 0 Å². The zero-order valence-electron chi connectivity index (χ0n) is 11.3. The summed E-state index contributed by atoms with van der Waals surface area (Å²) in [4.78, 5) is 15.9. The molecule has 1 amide bonds. The molecule has 2 aliphatic heterocycles. The summed E-state index contributed by atoms with van der Waals surface area (Å²) in [7, 11) is 0. The first-order valence-electron chi connectivity index (χ1n) is 7.20. The van der Waals surface area contributed by atoms with Gasteiger partial charge in [-0.05, 0) is 44.7 Å². The first kappa shape index (κ1) is 12.9. The van der Waals surface area contributed by atoms with E-state index in [0.29, 0.717) is 0 Å². The van der Waals surface area contributed by atoms with Gasteiger partial charge >= 0.3 is 0 Å². The van der Waals surface area contributed by atoms with Gasteiger partial charge in [0.05, 0.1) is 0 Å². The maximum Gasteiger partial charge on any atom is 0.219 e. The van der Waals surface area contributed by atoms with Gasteiger partial charge in [-0.1, -0.05) is 13.3 Å². The van der Waals surface area contributed by atoms with Crippen molar-refractivity contribution in [2.45, 2.75) is 52.0 Å². The van der Waals surface area contributed by atoms with Crippen LogP contribution < -0.4 is 0 Å². The summed E-state index contributed by atoms with van der Waals surface area (Å²) < 4.78 is 0. The molecule has 2 rings (SSSR count). The third-order valence-corrected chi connectivity index (χ3v) is 4.65. The van der Waals surface area contributed by atoms with Crippen LogP contribution in [0, 0.1) is 5.92 Å². The molecule has 98 valence electrons.